The summed E-state index contributed by atoms with van der Waals surface area (Å²) in [5.41, 5.74) is 3.00. The average molecular weight is 443 g/mol. The Labute approximate surface area is 182 Å². The van der Waals surface area contributed by atoms with Gasteiger partial charge < -0.3 is 5.32 Å². The third-order valence-corrected chi connectivity index (χ3v) is 4.50. The van der Waals surface area contributed by atoms with Crippen molar-refractivity contribution in [3.63, 3.8) is 0 Å². The normalized spacial score (nSPS) is 16.9. The van der Waals surface area contributed by atoms with Gasteiger partial charge in [-0.05, 0) is 48.7 Å². The number of nitrogens with one attached hydrogen (secondary N) is 2. The van der Waals surface area contributed by atoms with Gasteiger partial charge in [-0.1, -0.05) is 30.3 Å². The highest BCUT2D eigenvalue weighted by Crippen LogP contribution is 2.18. The van der Waals surface area contributed by atoms with Gasteiger partial charge in [0.05, 0.1) is 0 Å². The number of likely N-dealkylation sites (tertiary alicyclic amines) is 1. The van der Waals surface area contributed by atoms with Gasteiger partial charge in [0.1, 0.15) is 5.82 Å². The Bertz CT molecular complexity index is 791. The van der Waals surface area contributed by atoms with Crippen molar-refractivity contribution in [3.8, 4) is 0 Å². The Morgan fingerprint density at radius 3 is 2.66 bits per heavy atom. The molecule has 6 nitrogen and oxygen atoms in total. The third kappa shape index (κ3) is 7.62. The molecule has 1 amide bonds. The number of halogens is 3. The van der Waals surface area contributed by atoms with Gasteiger partial charge in [-0.2, -0.15) is 0 Å². The number of aromatic nitrogens is 1. The highest BCUT2D eigenvalue weighted by Gasteiger charge is 2.20. The molecule has 158 valence electrons. The van der Waals surface area contributed by atoms with Crippen molar-refractivity contribution in [1.29, 1.82) is 0 Å². The number of hydrogen-bond donors (Lipinski definition) is 3. The summed E-state index contributed by atoms with van der Waals surface area (Å²) >= 11 is 0. The smallest absolute Gasteiger partial charge is 0.303 e. The second kappa shape index (κ2) is 12.4. The van der Waals surface area contributed by atoms with Gasteiger partial charge >= 0.3 is 5.91 Å². The van der Waals surface area contributed by atoms with Crippen molar-refractivity contribution in [1.82, 2.24) is 15.4 Å². The molecule has 0 radical (unpaired) electrons. The van der Waals surface area contributed by atoms with E-state index in [2.05, 4.69) is 39.5 Å². The maximum Gasteiger partial charge on any atom is 0.303 e. The molecule has 1 aliphatic heterocycles. The minimum atomic E-state index is -1.18. The number of nitrogens with zero attached hydrogens (tertiary/aromatic N) is 2. The minimum Gasteiger partial charge on any atom is -0.366 e. The van der Waals surface area contributed by atoms with E-state index in [1.54, 1.807) is 12.1 Å². The fourth-order valence-electron chi connectivity index (χ4n) is 3.21. The molecular formula is C20H25Cl2FN4O2. The summed E-state index contributed by atoms with van der Waals surface area (Å²) in [5, 5.41) is 11.8. The van der Waals surface area contributed by atoms with E-state index in [9.17, 15) is 9.18 Å². The first-order valence-corrected chi connectivity index (χ1v) is 8.94. The van der Waals surface area contributed by atoms with E-state index in [0.717, 1.165) is 38.6 Å². The summed E-state index contributed by atoms with van der Waals surface area (Å²) in [6.07, 6.45) is 4.69. The summed E-state index contributed by atoms with van der Waals surface area (Å²) < 4.78 is 13.4. The number of hydrogen-bond acceptors (Lipinski definition) is 5. The molecule has 1 aliphatic rings. The van der Waals surface area contributed by atoms with Crippen molar-refractivity contribution >= 4 is 42.6 Å². The quantitative estimate of drug-likeness (QED) is 0.360. The van der Waals surface area contributed by atoms with E-state index in [-0.39, 0.29) is 24.8 Å². The molecule has 1 aromatic carbocycles. The molecule has 0 bridgehead atoms. The van der Waals surface area contributed by atoms with Crippen LogP contribution in [0, 0.1) is 0 Å². The molecule has 1 atom stereocenters. The lowest BCUT2D eigenvalue weighted by Gasteiger charge is -2.33. The highest BCUT2D eigenvalue weighted by molar-refractivity contribution is 5.94. The third-order valence-electron chi connectivity index (χ3n) is 4.50. The first kappa shape index (κ1) is 24.8. The first-order valence-electron chi connectivity index (χ1n) is 8.94. The lowest BCUT2D eigenvalue weighted by molar-refractivity contribution is -0.126. The van der Waals surface area contributed by atoms with Crippen LogP contribution in [-0.4, -0.2) is 40.1 Å². The Morgan fingerprint density at radius 2 is 2.00 bits per heavy atom. The van der Waals surface area contributed by atoms with E-state index >= 15 is 0 Å². The van der Waals surface area contributed by atoms with Crippen LogP contribution in [0.4, 0.5) is 10.2 Å². The second-order valence-electron chi connectivity index (χ2n) is 6.61. The van der Waals surface area contributed by atoms with Gasteiger partial charge in [-0.15, -0.1) is 24.8 Å². The van der Waals surface area contributed by atoms with Crippen LogP contribution in [0.5, 0.6) is 0 Å². The first-order chi connectivity index (χ1) is 13.1. The summed E-state index contributed by atoms with van der Waals surface area (Å²) in [7, 11) is 0. The largest absolute Gasteiger partial charge is 0.366 e. The molecule has 0 saturated carbocycles. The average Bonchev–Trinajstić information content (AvgIpc) is 2.70. The maximum absolute atomic E-state index is 13.4. The zero-order valence-electron chi connectivity index (χ0n) is 15.8. The monoisotopic (exact) mass is 442 g/mol. The van der Waals surface area contributed by atoms with Gasteiger partial charge in [-0.3, -0.25) is 14.9 Å². The predicted octanol–water partition coefficient (Wildman–Crippen LogP) is 3.82. The minimum absolute atomic E-state index is 0. The molecule has 1 aromatic heterocycles. The second-order valence-corrected chi connectivity index (χ2v) is 6.61. The fraction of sp³-hybridized carbons (Fsp3) is 0.300. The molecule has 2 heterocycles. The zero-order valence-corrected chi connectivity index (χ0v) is 17.4. The van der Waals surface area contributed by atoms with Crippen LogP contribution in [0.1, 0.15) is 24.0 Å². The number of anilines is 1. The SMILES string of the molecule is Cl.Cl.O=C(NO)/C(F)=C\c1ccc(N[C@@H]2CCCN(Cc3ccccc3)C2)nc1. The van der Waals surface area contributed by atoms with Crippen molar-refractivity contribution in [2.24, 2.45) is 0 Å². The number of hydroxylamine groups is 1. The number of piperidine rings is 1. The molecule has 2 aromatic rings. The van der Waals surface area contributed by atoms with E-state index in [1.807, 2.05) is 6.07 Å². The lowest BCUT2D eigenvalue weighted by Crippen LogP contribution is -2.41. The van der Waals surface area contributed by atoms with Crippen LogP contribution in [0.15, 0.2) is 54.5 Å². The lowest BCUT2D eigenvalue weighted by atomic mass is 10.0. The summed E-state index contributed by atoms with van der Waals surface area (Å²) in [5.74, 6) is -1.55. The number of pyridine rings is 1. The van der Waals surface area contributed by atoms with Crippen LogP contribution in [-0.2, 0) is 11.3 Å². The van der Waals surface area contributed by atoms with Crippen molar-refractivity contribution < 1.29 is 14.4 Å². The Hall–Kier alpha value is -2.19. The van der Waals surface area contributed by atoms with Gasteiger partial charge in [0.25, 0.3) is 0 Å². The Morgan fingerprint density at radius 1 is 1.24 bits per heavy atom. The van der Waals surface area contributed by atoms with Crippen LogP contribution in [0.3, 0.4) is 0 Å². The van der Waals surface area contributed by atoms with Crippen LogP contribution in [0.2, 0.25) is 0 Å². The van der Waals surface area contributed by atoms with E-state index in [1.165, 1.54) is 17.2 Å². The molecule has 3 N–H and O–H groups in total. The number of carbonyl (C=O) groups is 1. The van der Waals surface area contributed by atoms with Gasteiger partial charge in [0.2, 0.25) is 0 Å². The molecule has 9 heteroatoms. The summed E-state index contributed by atoms with van der Waals surface area (Å²) in [6, 6.07) is 14.1. The molecular weight excluding hydrogens is 418 g/mol. The molecule has 0 unspecified atom stereocenters. The van der Waals surface area contributed by atoms with Crippen LogP contribution in [0.25, 0.3) is 6.08 Å². The number of carbonyl (C=O) groups excluding carboxylic acids is 1. The van der Waals surface area contributed by atoms with Crippen molar-refractivity contribution in [2.75, 3.05) is 18.4 Å². The predicted molar refractivity (Wildman–Crippen MR) is 116 cm³/mol. The van der Waals surface area contributed by atoms with Gasteiger partial charge in [-0.25, -0.2) is 14.9 Å². The number of rotatable bonds is 6. The molecule has 3 rings (SSSR count). The van der Waals surface area contributed by atoms with E-state index in [4.69, 9.17) is 5.21 Å². The van der Waals surface area contributed by atoms with Gasteiger partial charge in [0, 0.05) is 25.3 Å². The van der Waals surface area contributed by atoms with Crippen LogP contribution < -0.4 is 10.8 Å². The standard InChI is InChI=1S/C20H23FN4O2.2ClH/c21-18(20(26)24-27)11-16-8-9-19(22-12-16)23-17-7-4-10-25(14-17)13-15-5-2-1-3-6-15;;/h1-3,5-6,8-9,11-12,17,27H,4,7,10,13-14H2,(H,22,23)(H,24,26);2*1H/b18-11+;;/t17-;;/m1../s1. The topological polar surface area (TPSA) is 77.5 Å². The Kier molecular flexibility index (Phi) is 10.6. The highest BCUT2D eigenvalue weighted by atomic mass is 35.5. The number of benzene rings is 1. The molecule has 1 fully saturated rings. The summed E-state index contributed by atoms with van der Waals surface area (Å²) in [4.78, 5) is 17.7. The molecule has 29 heavy (non-hydrogen) atoms. The Balaban J connectivity index is 0.00000210. The van der Waals surface area contributed by atoms with Crippen molar-refractivity contribution in [3.05, 3.63) is 65.6 Å². The van der Waals surface area contributed by atoms with Crippen LogP contribution >= 0.6 is 24.8 Å². The van der Waals surface area contributed by atoms with Gasteiger partial charge in [0.15, 0.2) is 5.83 Å². The fourth-order valence-corrected chi connectivity index (χ4v) is 3.21. The van der Waals surface area contributed by atoms with Crippen molar-refractivity contribution in [2.45, 2.75) is 25.4 Å². The zero-order chi connectivity index (χ0) is 19.1. The van der Waals surface area contributed by atoms with E-state index < -0.39 is 11.7 Å². The molecule has 0 spiro atoms. The number of amides is 1. The molecule has 1 saturated heterocycles. The van der Waals surface area contributed by atoms with E-state index in [0.29, 0.717) is 17.4 Å². The molecule has 0 aliphatic carbocycles. The summed E-state index contributed by atoms with van der Waals surface area (Å²) in [6.45, 7) is 2.95. The maximum atomic E-state index is 13.4.